The van der Waals surface area contributed by atoms with Crippen LogP contribution in [-0.2, 0) is 47.6 Å². The average Bonchev–Trinajstić information content (AvgIpc) is 3.36. The molecule has 2 saturated carbocycles. The van der Waals surface area contributed by atoms with Gasteiger partial charge >= 0.3 is 17.9 Å². The highest BCUT2D eigenvalue weighted by atomic mass is 16.7. The first-order valence-corrected chi connectivity index (χ1v) is 16.8. The summed E-state index contributed by atoms with van der Waals surface area (Å²) >= 11 is 0. The summed E-state index contributed by atoms with van der Waals surface area (Å²) in [5.41, 5.74) is -6.03. The highest BCUT2D eigenvalue weighted by Gasteiger charge is 2.85. The van der Waals surface area contributed by atoms with Crippen LogP contribution in [0.25, 0.3) is 0 Å². The number of Topliss-reactive ketones (excluding diaryl/α,β-unsaturated/α-hetero) is 1. The summed E-state index contributed by atoms with van der Waals surface area (Å²) in [5, 5.41) is 74.9. The van der Waals surface area contributed by atoms with Gasteiger partial charge in [-0.25, -0.2) is 14.4 Å². The summed E-state index contributed by atoms with van der Waals surface area (Å²) < 4.78 is 34.2. The SMILES string of the molecule is COC(=O)C12OC[C@]34[C@H]([C@@H](O)C1O)[C@@]1(C)CC(=O)C(O[C@@H]5O[C@H](CO)[C@@H](O)[C@H](O)[C@H]5O)=C(C)[C@@H]1C[C@H]3OC(=O)[C@H](OC(=O)/C=C(\C)C(C)(C)O)[C@@H]24. The molecule has 17 heteroatoms. The molecule has 6 aliphatic rings. The minimum Gasteiger partial charge on any atom is -0.467 e. The van der Waals surface area contributed by atoms with Crippen molar-refractivity contribution < 1.29 is 83.3 Å². The number of ether oxygens (including phenoxy) is 6. The lowest BCUT2D eigenvalue weighted by Gasteiger charge is -2.67. The highest BCUT2D eigenvalue weighted by molar-refractivity contribution is 5.96. The van der Waals surface area contributed by atoms with Crippen LogP contribution in [0, 0.1) is 28.6 Å². The Morgan fingerprint density at radius 1 is 1.04 bits per heavy atom. The lowest BCUT2D eigenvalue weighted by molar-refractivity contribution is -0.296. The van der Waals surface area contributed by atoms with Crippen LogP contribution < -0.4 is 0 Å². The van der Waals surface area contributed by atoms with Gasteiger partial charge in [0.25, 0.3) is 0 Å². The summed E-state index contributed by atoms with van der Waals surface area (Å²) in [4.78, 5) is 54.7. The number of rotatable bonds is 7. The Morgan fingerprint density at radius 3 is 2.31 bits per heavy atom. The molecular weight excluding hydrogens is 680 g/mol. The Kier molecular flexibility index (Phi) is 9.29. The number of esters is 3. The number of carbonyl (C=O) groups excluding carboxylic acids is 4. The topological polar surface area (TPSA) is 265 Å². The molecule has 17 nitrogen and oxygen atoms in total. The Morgan fingerprint density at radius 2 is 1.71 bits per heavy atom. The van der Waals surface area contributed by atoms with Gasteiger partial charge in [-0.1, -0.05) is 6.92 Å². The molecule has 2 unspecified atom stereocenters. The molecule has 15 atom stereocenters. The van der Waals surface area contributed by atoms with Crippen molar-refractivity contribution in [1.29, 1.82) is 0 Å². The fourth-order valence-electron chi connectivity index (χ4n) is 9.80. The zero-order valence-electron chi connectivity index (χ0n) is 29.0. The van der Waals surface area contributed by atoms with Gasteiger partial charge in [-0.15, -0.1) is 0 Å². The monoisotopic (exact) mass is 726 g/mol. The number of carbonyl (C=O) groups is 4. The van der Waals surface area contributed by atoms with E-state index in [1.165, 1.54) is 20.8 Å². The number of hydrogen-bond acceptors (Lipinski definition) is 17. The Balaban J connectivity index is 1.43. The van der Waals surface area contributed by atoms with Gasteiger partial charge in [-0.05, 0) is 56.6 Å². The summed E-state index contributed by atoms with van der Waals surface area (Å²) in [6.45, 7) is 6.55. The minimum absolute atomic E-state index is 0.00228. The molecule has 5 fully saturated rings. The van der Waals surface area contributed by atoms with Gasteiger partial charge in [0, 0.05) is 23.8 Å². The normalized spacial score (nSPS) is 46.5. The molecule has 3 heterocycles. The standard InChI is InChI=1S/C34H46O17/c1-12(31(3,4)45)7-18(37)50-24-26-33-11-47-34(26,30(44)46-6)27(42)22(41)25(33)32(5)9-15(36)23(13(2)14(32)8-17(33)49-28(24)43)51-29-21(40)20(39)19(38)16(10-35)48-29/h7,14,16-17,19-22,24-27,29,35,38-42,45H,8-11H2,1-6H3/b12-7+/t14-,16+,17+,19+,20-,21+,22+,24+,25+,26+,27?,29-,32-,33+,34?/m0/s1. The molecule has 2 bridgehead atoms. The van der Waals surface area contributed by atoms with Crippen LogP contribution in [0.15, 0.2) is 23.0 Å². The second-order valence-electron chi connectivity index (χ2n) is 15.5. The summed E-state index contributed by atoms with van der Waals surface area (Å²) in [7, 11) is 1.04. The molecule has 1 spiro atoms. The molecule has 0 aromatic carbocycles. The third-order valence-corrected chi connectivity index (χ3v) is 12.4. The van der Waals surface area contributed by atoms with Gasteiger partial charge < -0.3 is 64.2 Å². The van der Waals surface area contributed by atoms with Gasteiger partial charge in [-0.2, -0.15) is 0 Å². The van der Waals surface area contributed by atoms with Crippen LogP contribution in [0.5, 0.6) is 0 Å². The molecule has 51 heavy (non-hydrogen) atoms. The fraction of sp³-hybridized carbons (Fsp3) is 0.765. The number of aliphatic hydroxyl groups is 7. The van der Waals surface area contributed by atoms with Crippen molar-refractivity contribution in [2.45, 2.75) is 114 Å². The predicted molar refractivity (Wildman–Crippen MR) is 165 cm³/mol. The second kappa shape index (κ2) is 12.6. The van der Waals surface area contributed by atoms with Crippen molar-refractivity contribution in [3.05, 3.63) is 23.0 Å². The Hall–Kier alpha value is -3.00. The number of hydrogen-bond donors (Lipinski definition) is 7. The first-order chi connectivity index (χ1) is 23.7. The quantitative estimate of drug-likeness (QED) is 0.0814. The van der Waals surface area contributed by atoms with Crippen molar-refractivity contribution in [1.82, 2.24) is 0 Å². The maximum atomic E-state index is 14.0. The molecule has 0 amide bonds. The number of ketones is 1. The molecule has 0 aromatic heterocycles. The molecule has 7 N–H and O–H groups in total. The maximum absolute atomic E-state index is 14.0. The van der Waals surface area contributed by atoms with Crippen LogP contribution in [0.1, 0.15) is 47.5 Å². The Bertz CT molecular complexity index is 1550. The van der Waals surface area contributed by atoms with E-state index >= 15 is 0 Å². The second-order valence-corrected chi connectivity index (χ2v) is 15.5. The smallest absolute Gasteiger partial charge is 0.348 e. The van der Waals surface area contributed by atoms with Gasteiger partial charge in [-0.3, -0.25) is 4.79 Å². The zero-order valence-corrected chi connectivity index (χ0v) is 29.0. The number of aliphatic hydroxyl groups excluding tert-OH is 6. The van der Waals surface area contributed by atoms with E-state index in [0.717, 1.165) is 13.2 Å². The third kappa shape index (κ3) is 5.22. The average molecular weight is 727 g/mol. The lowest BCUT2D eigenvalue weighted by atomic mass is 9.38. The van der Waals surface area contributed by atoms with Crippen molar-refractivity contribution in [3.63, 3.8) is 0 Å². The van der Waals surface area contributed by atoms with Crippen LogP contribution >= 0.6 is 0 Å². The molecule has 3 saturated heterocycles. The van der Waals surface area contributed by atoms with Crippen molar-refractivity contribution in [3.8, 4) is 0 Å². The van der Waals surface area contributed by atoms with Crippen LogP contribution in [0.4, 0.5) is 0 Å². The molecule has 0 radical (unpaired) electrons. The van der Waals surface area contributed by atoms with Gasteiger partial charge in [0.2, 0.25) is 18.0 Å². The first kappa shape index (κ1) is 37.7. The van der Waals surface area contributed by atoms with Crippen LogP contribution in [0.3, 0.4) is 0 Å². The number of methoxy groups -OCH3 is 1. The van der Waals surface area contributed by atoms with Crippen molar-refractivity contribution in [2.75, 3.05) is 20.3 Å². The summed E-state index contributed by atoms with van der Waals surface area (Å²) in [6, 6.07) is 0. The summed E-state index contributed by atoms with van der Waals surface area (Å²) in [5.74, 6) is -7.35. The molecule has 3 aliphatic carbocycles. The van der Waals surface area contributed by atoms with Gasteiger partial charge in [0.1, 0.15) is 36.6 Å². The summed E-state index contributed by atoms with van der Waals surface area (Å²) in [6.07, 6.45) is -14.3. The maximum Gasteiger partial charge on any atom is 0.348 e. The fourth-order valence-corrected chi connectivity index (χ4v) is 9.80. The molecule has 284 valence electrons. The van der Waals surface area contributed by atoms with E-state index in [9.17, 15) is 54.9 Å². The molecule has 0 aromatic rings. The van der Waals surface area contributed by atoms with Crippen molar-refractivity contribution in [2.24, 2.45) is 28.6 Å². The van der Waals surface area contributed by atoms with E-state index in [0.29, 0.717) is 5.57 Å². The lowest BCUT2D eigenvalue weighted by Crippen LogP contribution is -2.79. The number of fused-ring (bicyclic) bond motifs is 2. The van der Waals surface area contributed by atoms with Crippen molar-refractivity contribution >= 4 is 23.7 Å². The van der Waals surface area contributed by atoms with E-state index in [2.05, 4.69) is 0 Å². The Labute approximate surface area is 292 Å². The van der Waals surface area contributed by atoms with Crippen LogP contribution in [0.2, 0.25) is 0 Å². The predicted octanol–water partition coefficient (Wildman–Crippen LogP) is -2.47. The van der Waals surface area contributed by atoms with Crippen LogP contribution in [-0.4, -0.2) is 146 Å². The third-order valence-electron chi connectivity index (χ3n) is 12.4. The van der Waals surface area contributed by atoms with E-state index < -0.39 is 125 Å². The minimum atomic E-state index is -2.38. The van der Waals surface area contributed by atoms with Gasteiger partial charge in [0.15, 0.2) is 11.5 Å². The van der Waals surface area contributed by atoms with E-state index in [-0.39, 0.29) is 30.8 Å². The first-order valence-electron chi connectivity index (χ1n) is 16.8. The zero-order chi connectivity index (χ0) is 37.7. The van der Waals surface area contributed by atoms with E-state index in [1.54, 1.807) is 13.8 Å². The van der Waals surface area contributed by atoms with Gasteiger partial charge in [0.05, 0.1) is 37.9 Å². The number of allylic oxidation sites excluding steroid dienone is 2. The molecule has 6 rings (SSSR count). The van der Waals surface area contributed by atoms with E-state index in [1.807, 2.05) is 0 Å². The highest BCUT2D eigenvalue weighted by Crippen LogP contribution is 2.73. The molecule has 3 aliphatic heterocycles. The molecular formula is C34H46O17. The van der Waals surface area contributed by atoms with E-state index in [4.69, 9.17) is 28.4 Å². The largest absolute Gasteiger partial charge is 0.467 e.